The zero-order valence-corrected chi connectivity index (χ0v) is 5.97. The van der Waals surface area contributed by atoms with Crippen molar-refractivity contribution in [3.05, 3.63) is 18.2 Å². The summed E-state index contributed by atoms with van der Waals surface area (Å²) in [6.45, 7) is 1.40. The van der Waals surface area contributed by atoms with Gasteiger partial charge in [0, 0.05) is 12.4 Å². The van der Waals surface area contributed by atoms with Crippen molar-refractivity contribution in [2.75, 3.05) is 0 Å². The molecule has 0 amide bonds. The van der Waals surface area contributed by atoms with Crippen LogP contribution >= 0.6 is 0 Å². The summed E-state index contributed by atoms with van der Waals surface area (Å²) < 4.78 is 32.9. The van der Waals surface area contributed by atoms with Crippen LogP contribution in [0.3, 0.4) is 0 Å². The van der Waals surface area contributed by atoms with E-state index in [1.54, 1.807) is 0 Å². The third kappa shape index (κ3) is 1.15. The minimum absolute atomic E-state index is 0.113. The molecule has 0 saturated carbocycles. The van der Waals surface area contributed by atoms with Gasteiger partial charge in [-0.2, -0.15) is 8.42 Å². The second kappa shape index (κ2) is 2.05. The Bertz CT molecular complexity index is 329. The maximum Gasteiger partial charge on any atom is 0.404 e. The number of hydrogen-bond donors (Lipinski definition) is 0. The quantitative estimate of drug-likeness (QED) is 0.559. The molecule has 1 heterocycles. The van der Waals surface area contributed by atoms with Gasteiger partial charge in [0.15, 0.2) is 0 Å². The maximum atomic E-state index is 12.1. The lowest BCUT2D eigenvalue weighted by Gasteiger charge is -1.94. The standard InChI is InChI=1S/C4H5FN2O2S/c1-4-6-2-3-7(4)10(5,8)9/h2-3H,1H3. The van der Waals surface area contributed by atoms with Gasteiger partial charge in [-0.15, -0.1) is 0 Å². The molecular weight excluding hydrogens is 159 g/mol. The van der Waals surface area contributed by atoms with E-state index in [0.717, 1.165) is 6.20 Å². The molecule has 0 bridgehead atoms. The Morgan fingerprint density at radius 3 is 2.50 bits per heavy atom. The fraction of sp³-hybridized carbons (Fsp3) is 0.250. The Balaban J connectivity index is 3.32. The van der Waals surface area contributed by atoms with Crippen molar-refractivity contribution in [3.63, 3.8) is 0 Å². The summed E-state index contributed by atoms with van der Waals surface area (Å²) in [6, 6.07) is 0. The molecule has 6 heteroatoms. The number of hydrogen-bond acceptors (Lipinski definition) is 3. The first-order chi connectivity index (χ1) is 4.52. The van der Waals surface area contributed by atoms with E-state index in [9.17, 15) is 12.3 Å². The van der Waals surface area contributed by atoms with Gasteiger partial charge in [0.1, 0.15) is 5.82 Å². The summed E-state index contributed by atoms with van der Waals surface area (Å²) in [4.78, 5) is 3.53. The molecule has 0 aliphatic carbocycles. The molecule has 0 spiro atoms. The van der Waals surface area contributed by atoms with Crippen LogP contribution in [0.5, 0.6) is 0 Å². The zero-order chi connectivity index (χ0) is 7.78. The molecule has 0 atom stereocenters. The first-order valence-electron chi connectivity index (χ1n) is 2.47. The zero-order valence-electron chi connectivity index (χ0n) is 5.15. The second-order valence-electron chi connectivity index (χ2n) is 1.71. The Labute approximate surface area is 57.7 Å². The molecule has 1 aromatic heterocycles. The monoisotopic (exact) mass is 164 g/mol. The highest BCUT2D eigenvalue weighted by Crippen LogP contribution is 2.01. The molecule has 4 nitrogen and oxygen atoms in total. The Morgan fingerprint density at radius 2 is 2.30 bits per heavy atom. The van der Waals surface area contributed by atoms with Crippen molar-refractivity contribution in [1.82, 2.24) is 8.96 Å². The van der Waals surface area contributed by atoms with Gasteiger partial charge < -0.3 is 0 Å². The molecule has 0 radical (unpaired) electrons. The highest BCUT2D eigenvalue weighted by molar-refractivity contribution is 7.84. The SMILES string of the molecule is Cc1nccn1S(=O)(=O)F. The summed E-state index contributed by atoms with van der Waals surface area (Å²) >= 11 is 0. The third-order valence-corrected chi connectivity index (χ3v) is 1.87. The van der Waals surface area contributed by atoms with Crippen LogP contribution in [0.15, 0.2) is 12.4 Å². The molecule has 0 fully saturated rings. The van der Waals surface area contributed by atoms with Gasteiger partial charge in [-0.05, 0) is 6.92 Å². The molecule has 0 N–H and O–H groups in total. The van der Waals surface area contributed by atoms with Crippen LogP contribution in [0.4, 0.5) is 3.89 Å². The van der Waals surface area contributed by atoms with Crippen LogP contribution in [-0.4, -0.2) is 17.4 Å². The Kier molecular flexibility index (Phi) is 1.47. The van der Waals surface area contributed by atoms with Gasteiger partial charge in [0.25, 0.3) is 0 Å². The van der Waals surface area contributed by atoms with Crippen LogP contribution in [-0.2, 0) is 10.4 Å². The van der Waals surface area contributed by atoms with E-state index in [1.165, 1.54) is 13.1 Å². The summed E-state index contributed by atoms with van der Waals surface area (Å²) in [6.07, 6.45) is 2.26. The van der Waals surface area contributed by atoms with Crippen molar-refractivity contribution in [1.29, 1.82) is 0 Å². The molecule has 1 rings (SSSR count). The van der Waals surface area contributed by atoms with Crippen molar-refractivity contribution in [2.45, 2.75) is 6.92 Å². The topological polar surface area (TPSA) is 52.0 Å². The average molecular weight is 164 g/mol. The van der Waals surface area contributed by atoms with Gasteiger partial charge in [0.2, 0.25) is 0 Å². The van der Waals surface area contributed by atoms with E-state index in [-0.39, 0.29) is 5.82 Å². The van der Waals surface area contributed by atoms with Crippen LogP contribution in [0.25, 0.3) is 0 Å². The van der Waals surface area contributed by atoms with Gasteiger partial charge in [-0.25, -0.2) is 8.96 Å². The maximum absolute atomic E-state index is 12.1. The minimum atomic E-state index is -4.64. The van der Waals surface area contributed by atoms with E-state index in [2.05, 4.69) is 4.98 Å². The summed E-state index contributed by atoms with van der Waals surface area (Å²) in [5.41, 5.74) is 0. The van der Waals surface area contributed by atoms with E-state index in [4.69, 9.17) is 0 Å². The van der Waals surface area contributed by atoms with Gasteiger partial charge >= 0.3 is 10.4 Å². The molecule has 10 heavy (non-hydrogen) atoms. The first kappa shape index (κ1) is 7.20. The van der Waals surface area contributed by atoms with Crippen molar-refractivity contribution in [3.8, 4) is 0 Å². The molecular formula is C4H5FN2O2S. The average Bonchev–Trinajstić information content (AvgIpc) is 2.11. The molecule has 0 aliphatic heterocycles. The molecule has 0 aliphatic rings. The molecule has 1 aromatic rings. The summed E-state index contributed by atoms with van der Waals surface area (Å²) in [5, 5.41) is 0. The lowest BCUT2D eigenvalue weighted by molar-refractivity contribution is 0.540. The van der Waals surface area contributed by atoms with Gasteiger partial charge in [-0.3, -0.25) is 0 Å². The van der Waals surface area contributed by atoms with E-state index in [1.807, 2.05) is 0 Å². The fourth-order valence-corrected chi connectivity index (χ4v) is 1.16. The van der Waals surface area contributed by atoms with Crippen molar-refractivity contribution in [2.24, 2.45) is 0 Å². The molecule has 56 valence electrons. The number of imidazole rings is 1. The van der Waals surface area contributed by atoms with Crippen LogP contribution in [0.2, 0.25) is 0 Å². The van der Waals surface area contributed by atoms with Crippen molar-refractivity contribution < 1.29 is 12.3 Å². The molecule has 0 unspecified atom stereocenters. The van der Waals surface area contributed by atoms with E-state index in [0.29, 0.717) is 3.97 Å². The smallest absolute Gasteiger partial charge is 0.241 e. The largest absolute Gasteiger partial charge is 0.404 e. The summed E-state index contributed by atoms with van der Waals surface area (Å²) in [5.74, 6) is 0.113. The number of rotatable bonds is 1. The second-order valence-corrected chi connectivity index (χ2v) is 2.93. The van der Waals surface area contributed by atoms with Gasteiger partial charge in [-0.1, -0.05) is 3.89 Å². The van der Waals surface area contributed by atoms with Crippen LogP contribution in [0.1, 0.15) is 5.82 Å². The highest BCUT2D eigenvalue weighted by atomic mass is 32.3. The number of aryl methyl sites for hydroxylation is 1. The van der Waals surface area contributed by atoms with Crippen LogP contribution < -0.4 is 0 Å². The Morgan fingerprint density at radius 1 is 1.70 bits per heavy atom. The third-order valence-electron chi connectivity index (χ3n) is 1.02. The lowest BCUT2D eigenvalue weighted by atomic mass is 10.8. The van der Waals surface area contributed by atoms with Gasteiger partial charge in [0.05, 0.1) is 0 Å². The first-order valence-corrected chi connectivity index (χ1v) is 3.81. The number of halogens is 1. The minimum Gasteiger partial charge on any atom is -0.241 e. The fourth-order valence-electron chi connectivity index (χ4n) is 0.597. The predicted molar refractivity (Wildman–Crippen MR) is 32.4 cm³/mol. The van der Waals surface area contributed by atoms with Crippen LogP contribution in [0, 0.1) is 6.92 Å². The van der Waals surface area contributed by atoms with E-state index < -0.39 is 10.4 Å². The highest BCUT2D eigenvalue weighted by Gasteiger charge is 2.11. The predicted octanol–water partition coefficient (Wildman–Crippen LogP) is 0.254. The van der Waals surface area contributed by atoms with Crippen molar-refractivity contribution >= 4 is 10.4 Å². The normalized spacial score (nSPS) is 11.8. The lowest BCUT2D eigenvalue weighted by Crippen LogP contribution is -2.06. The molecule has 0 saturated heterocycles. The van der Waals surface area contributed by atoms with E-state index >= 15 is 0 Å². The Hall–Kier alpha value is -0.910. The summed E-state index contributed by atoms with van der Waals surface area (Å²) in [7, 11) is -4.64. The molecule has 0 aromatic carbocycles. The number of aromatic nitrogens is 2. The number of nitrogens with zero attached hydrogens (tertiary/aromatic N) is 2.